The third kappa shape index (κ3) is 2.93. The second-order valence-corrected chi connectivity index (χ2v) is 7.62. The molecule has 3 heteroatoms. The van der Waals surface area contributed by atoms with E-state index in [4.69, 9.17) is 28.2 Å². The molecule has 1 nitrogen and oxygen atoms in total. The van der Waals surface area contributed by atoms with Crippen molar-refractivity contribution in [2.75, 3.05) is 0 Å². The van der Waals surface area contributed by atoms with E-state index < -0.39 is 0 Å². The average molecular weight is 400 g/mol. The van der Waals surface area contributed by atoms with Gasteiger partial charge in [-0.05, 0) is 46.0 Å². The van der Waals surface area contributed by atoms with Gasteiger partial charge in [-0.3, -0.25) is 4.98 Å². The summed E-state index contributed by atoms with van der Waals surface area (Å²) in [5, 5.41) is 6.14. The van der Waals surface area contributed by atoms with Crippen molar-refractivity contribution >= 4 is 44.7 Å². The van der Waals surface area contributed by atoms with Gasteiger partial charge < -0.3 is 0 Å². The molecule has 0 bridgehead atoms. The molecule has 0 aliphatic carbocycles. The number of benzene rings is 4. The Hall–Kier alpha value is -2.87. The number of nitrogens with zero attached hydrogens (tertiary/aromatic N) is 1. The van der Waals surface area contributed by atoms with Crippen molar-refractivity contribution < 1.29 is 0 Å². The second-order valence-electron chi connectivity index (χ2n) is 6.74. The van der Waals surface area contributed by atoms with Gasteiger partial charge in [0.25, 0.3) is 0 Å². The predicted molar refractivity (Wildman–Crippen MR) is 120 cm³/mol. The van der Waals surface area contributed by atoms with Gasteiger partial charge in [-0.2, -0.15) is 0 Å². The Kier molecular flexibility index (Phi) is 4.27. The zero-order valence-corrected chi connectivity index (χ0v) is 16.4. The number of fused-ring (bicyclic) bond motifs is 3. The summed E-state index contributed by atoms with van der Waals surface area (Å²) in [6, 6.07) is 28.5. The van der Waals surface area contributed by atoms with Gasteiger partial charge in [-0.1, -0.05) is 83.9 Å². The minimum Gasteiger partial charge on any atom is -0.255 e. The highest BCUT2D eigenvalue weighted by molar-refractivity contribution is 6.31. The molecule has 0 atom stereocenters. The van der Waals surface area contributed by atoms with Crippen molar-refractivity contribution in [3.05, 3.63) is 101 Å². The van der Waals surface area contributed by atoms with Gasteiger partial charge in [0.1, 0.15) is 0 Å². The van der Waals surface area contributed by atoms with E-state index in [0.29, 0.717) is 5.02 Å². The maximum Gasteiger partial charge on any atom is 0.0786 e. The van der Waals surface area contributed by atoms with Crippen molar-refractivity contribution in [3.63, 3.8) is 0 Å². The molecule has 134 valence electrons. The van der Waals surface area contributed by atoms with Gasteiger partial charge in [-0.25, -0.2) is 0 Å². The van der Waals surface area contributed by atoms with Crippen molar-refractivity contribution in [2.24, 2.45) is 0 Å². The van der Waals surface area contributed by atoms with Crippen LogP contribution in [0.2, 0.25) is 10.0 Å². The molecule has 5 aromatic rings. The van der Waals surface area contributed by atoms with E-state index in [1.54, 1.807) is 0 Å². The molecular weight excluding hydrogens is 385 g/mol. The average Bonchev–Trinajstić information content (AvgIpc) is 2.74. The van der Waals surface area contributed by atoms with Crippen molar-refractivity contribution in [1.29, 1.82) is 0 Å². The van der Waals surface area contributed by atoms with E-state index in [1.165, 1.54) is 16.2 Å². The van der Waals surface area contributed by atoms with Gasteiger partial charge in [0.2, 0.25) is 0 Å². The van der Waals surface area contributed by atoms with Crippen LogP contribution in [0.4, 0.5) is 0 Å². The summed E-state index contributed by atoms with van der Waals surface area (Å²) in [5.41, 5.74) is 4.15. The van der Waals surface area contributed by atoms with Crippen LogP contribution in [0.1, 0.15) is 0 Å². The van der Waals surface area contributed by atoms with Gasteiger partial charge in [0.05, 0.1) is 5.69 Å². The summed E-state index contributed by atoms with van der Waals surface area (Å²) in [6.45, 7) is 0. The first-order valence-electron chi connectivity index (χ1n) is 9.03. The van der Waals surface area contributed by atoms with Crippen LogP contribution in [0.25, 0.3) is 43.9 Å². The Morgan fingerprint density at radius 2 is 1.18 bits per heavy atom. The minimum atomic E-state index is 0.712. The molecule has 0 saturated heterocycles. The van der Waals surface area contributed by atoms with E-state index in [2.05, 4.69) is 36.4 Å². The third-order valence-corrected chi connectivity index (χ3v) is 5.55. The topological polar surface area (TPSA) is 12.9 Å². The Morgan fingerprint density at radius 1 is 0.536 bits per heavy atom. The fourth-order valence-electron chi connectivity index (χ4n) is 3.71. The van der Waals surface area contributed by atoms with Gasteiger partial charge in [-0.15, -0.1) is 0 Å². The van der Waals surface area contributed by atoms with Crippen LogP contribution in [0.15, 0.2) is 91.1 Å². The number of pyridine rings is 1. The quantitative estimate of drug-likeness (QED) is 0.273. The van der Waals surface area contributed by atoms with Gasteiger partial charge in [0.15, 0.2) is 0 Å². The molecule has 0 aliphatic heterocycles. The lowest BCUT2D eigenvalue weighted by Crippen LogP contribution is -1.92. The van der Waals surface area contributed by atoms with Crippen LogP contribution >= 0.6 is 23.2 Å². The molecule has 0 spiro atoms. The Labute approximate surface area is 173 Å². The zero-order valence-electron chi connectivity index (χ0n) is 14.9. The number of halogens is 2. The summed E-state index contributed by atoms with van der Waals surface area (Å²) in [5.74, 6) is 0. The molecule has 0 fully saturated rings. The molecular formula is C25H15Cl2N. The normalized spacial score (nSPS) is 11.2. The molecule has 0 unspecified atom stereocenters. The van der Waals surface area contributed by atoms with Crippen LogP contribution in [0.3, 0.4) is 0 Å². The Bertz CT molecular complexity index is 1310. The van der Waals surface area contributed by atoms with Crippen LogP contribution in [-0.4, -0.2) is 4.98 Å². The van der Waals surface area contributed by atoms with E-state index in [0.717, 1.165) is 32.8 Å². The summed E-state index contributed by atoms with van der Waals surface area (Å²) < 4.78 is 0. The van der Waals surface area contributed by atoms with Gasteiger partial charge in [0, 0.05) is 32.8 Å². The fraction of sp³-hybridized carbons (Fsp3) is 0. The van der Waals surface area contributed by atoms with Crippen molar-refractivity contribution in [2.45, 2.75) is 0 Å². The minimum absolute atomic E-state index is 0.712. The van der Waals surface area contributed by atoms with Crippen LogP contribution in [0.5, 0.6) is 0 Å². The van der Waals surface area contributed by atoms with E-state index >= 15 is 0 Å². The first-order chi connectivity index (χ1) is 13.7. The molecule has 4 aromatic carbocycles. The largest absolute Gasteiger partial charge is 0.255 e. The van der Waals surface area contributed by atoms with Crippen molar-refractivity contribution in [3.8, 4) is 22.4 Å². The highest BCUT2D eigenvalue weighted by atomic mass is 35.5. The van der Waals surface area contributed by atoms with Crippen molar-refractivity contribution in [1.82, 2.24) is 4.98 Å². The molecule has 0 aliphatic rings. The summed E-state index contributed by atoms with van der Waals surface area (Å²) in [6.07, 6.45) is 1.97. The molecule has 28 heavy (non-hydrogen) atoms. The summed E-state index contributed by atoms with van der Waals surface area (Å²) >= 11 is 12.2. The predicted octanol–water partition coefficient (Wildman–Crippen LogP) is 8.03. The SMILES string of the molecule is Clc1ccc(-c2ncc3c(ccc4ccccc43)c2-c2ccc(Cl)cc2)cc1. The van der Waals surface area contributed by atoms with E-state index in [1.807, 2.05) is 54.7 Å². The number of rotatable bonds is 2. The molecule has 0 radical (unpaired) electrons. The van der Waals surface area contributed by atoms with Gasteiger partial charge >= 0.3 is 0 Å². The lowest BCUT2D eigenvalue weighted by molar-refractivity contribution is 1.36. The van der Waals surface area contributed by atoms with E-state index in [-0.39, 0.29) is 0 Å². The standard InChI is InChI=1S/C25H15Cl2N/c26-19-10-5-17(6-11-19)24-22-14-9-16-3-1-2-4-21(16)23(22)15-28-25(24)18-7-12-20(27)13-8-18/h1-15H. The molecule has 0 saturated carbocycles. The number of aromatic nitrogens is 1. The van der Waals surface area contributed by atoms with Crippen LogP contribution in [-0.2, 0) is 0 Å². The lowest BCUT2D eigenvalue weighted by atomic mass is 9.92. The second kappa shape index (κ2) is 6.94. The van der Waals surface area contributed by atoms with Crippen LogP contribution < -0.4 is 0 Å². The summed E-state index contributed by atoms with van der Waals surface area (Å²) in [7, 11) is 0. The molecule has 5 rings (SSSR count). The molecule has 1 heterocycles. The number of hydrogen-bond acceptors (Lipinski definition) is 1. The highest BCUT2D eigenvalue weighted by Gasteiger charge is 2.15. The fourth-order valence-corrected chi connectivity index (χ4v) is 3.96. The highest BCUT2D eigenvalue weighted by Crippen LogP contribution is 2.39. The van der Waals surface area contributed by atoms with E-state index in [9.17, 15) is 0 Å². The lowest BCUT2D eigenvalue weighted by Gasteiger charge is -2.15. The smallest absolute Gasteiger partial charge is 0.0786 e. The van der Waals surface area contributed by atoms with Crippen LogP contribution in [0, 0.1) is 0 Å². The Morgan fingerprint density at radius 3 is 1.89 bits per heavy atom. The maximum atomic E-state index is 6.14. The molecule has 0 amide bonds. The third-order valence-electron chi connectivity index (χ3n) is 5.05. The molecule has 1 aromatic heterocycles. The first-order valence-corrected chi connectivity index (χ1v) is 9.79. The Balaban J connectivity index is 1.89. The molecule has 0 N–H and O–H groups in total. The maximum absolute atomic E-state index is 6.14. The monoisotopic (exact) mass is 399 g/mol. The first kappa shape index (κ1) is 17.2. The zero-order chi connectivity index (χ0) is 19.1. The number of hydrogen-bond donors (Lipinski definition) is 0. The summed E-state index contributed by atoms with van der Waals surface area (Å²) in [4.78, 5) is 4.88.